The van der Waals surface area contributed by atoms with Crippen molar-refractivity contribution in [1.29, 1.82) is 0 Å². The van der Waals surface area contributed by atoms with Crippen molar-refractivity contribution in [1.82, 2.24) is 15.1 Å². The number of aromatic hydroxyl groups is 1. The molecule has 212 valence electrons. The van der Waals surface area contributed by atoms with Crippen LogP contribution in [-0.2, 0) is 6.54 Å². The lowest BCUT2D eigenvalue weighted by atomic mass is 9.82. The number of rotatable bonds is 7. The second kappa shape index (κ2) is 11.3. The number of carbonyl (C=O) groups excluding carboxylic acids is 2. The van der Waals surface area contributed by atoms with Crippen LogP contribution in [0.4, 0.5) is 28.0 Å². The average molecular weight is 569 g/mol. The number of halogens is 4. The van der Waals surface area contributed by atoms with E-state index < -0.39 is 29.9 Å². The molecule has 0 radical (unpaired) electrons. The lowest BCUT2D eigenvalue weighted by Gasteiger charge is -2.25. The standard InChI is InChI=1S/C29H24F4N4O4/c30-20-6-1-3-17(13-20)16-34-28(40)37-25(18-4-2-5-18)15-24(36-37)23-14-21(9-12-26(23)38)35-27(39)19-7-10-22(11-8-19)41-29(31,32)33/h1,3,6-15,18,38H,2,4-5,16H2,(H,34,40)(H,35,39). The molecular formula is C29H24F4N4O4. The summed E-state index contributed by atoms with van der Waals surface area (Å²) in [6.45, 7) is 0.0893. The van der Waals surface area contributed by atoms with Gasteiger partial charge in [0.25, 0.3) is 5.91 Å². The zero-order valence-electron chi connectivity index (χ0n) is 21.4. The molecule has 12 heteroatoms. The Bertz CT molecular complexity index is 1580. The summed E-state index contributed by atoms with van der Waals surface area (Å²) < 4.78 is 55.8. The zero-order valence-corrected chi connectivity index (χ0v) is 21.4. The van der Waals surface area contributed by atoms with Gasteiger partial charge in [-0.05, 0) is 79.1 Å². The van der Waals surface area contributed by atoms with Crippen LogP contribution in [0.1, 0.15) is 46.8 Å². The molecule has 5 rings (SSSR count). The van der Waals surface area contributed by atoms with Gasteiger partial charge in [0.1, 0.15) is 17.3 Å². The fourth-order valence-electron chi connectivity index (χ4n) is 4.41. The topological polar surface area (TPSA) is 105 Å². The zero-order chi connectivity index (χ0) is 29.1. The number of amides is 2. The molecule has 0 unspecified atom stereocenters. The summed E-state index contributed by atoms with van der Waals surface area (Å²) in [7, 11) is 0. The molecule has 0 aliphatic heterocycles. The Kier molecular flexibility index (Phi) is 7.64. The molecule has 0 atom stereocenters. The van der Waals surface area contributed by atoms with Crippen molar-refractivity contribution in [2.75, 3.05) is 5.32 Å². The van der Waals surface area contributed by atoms with E-state index in [1.54, 1.807) is 18.2 Å². The number of aromatic nitrogens is 2. The number of nitrogens with zero attached hydrogens (tertiary/aromatic N) is 2. The quantitative estimate of drug-likeness (QED) is 0.173. The Hall–Kier alpha value is -4.87. The van der Waals surface area contributed by atoms with Gasteiger partial charge < -0.3 is 20.5 Å². The minimum absolute atomic E-state index is 0.0839. The molecule has 3 N–H and O–H groups in total. The van der Waals surface area contributed by atoms with Gasteiger partial charge in [-0.15, -0.1) is 13.2 Å². The average Bonchev–Trinajstić information content (AvgIpc) is 3.31. The highest BCUT2D eigenvalue weighted by Gasteiger charge is 2.31. The maximum Gasteiger partial charge on any atom is 0.573 e. The summed E-state index contributed by atoms with van der Waals surface area (Å²) in [5.74, 6) is -1.51. The van der Waals surface area contributed by atoms with E-state index >= 15 is 0 Å². The second-order valence-corrected chi connectivity index (χ2v) is 9.54. The van der Waals surface area contributed by atoms with Gasteiger partial charge in [-0.2, -0.15) is 9.78 Å². The Morgan fingerprint density at radius 1 is 1.02 bits per heavy atom. The number of hydrogen-bond donors (Lipinski definition) is 3. The van der Waals surface area contributed by atoms with Gasteiger partial charge >= 0.3 is 12.4 Å². The Labute approximate surface area is 231 Å². The third-order valence-electron chi connectivity index (χ3n) is 6.67. The first-order valence-electron chi connectivity index (χ1n) is 12.7. The molecule has 1 aromatic heterocycles. The Balaban J connectivity index is 1.35. The normalized spacial score (nSPS) is 13.4. The molecule has 8 nitrogen and oxygen atoms in total. The van der Waals surface area contributed by atoms with Crippen LogP contribution in [0.3, 0.4) is 0 Å². The first-order valence-corrected chi connectivity index (χ1v) is 12.7. The number of hydrogen-bond acceptors (Lipinski definition) is 5. The number of phenols is 1. The minimum atomic E-state index is -4.85. The number of carbonyl (C=O) groups is 2. The fraction of sp³-hybridized carbons (Fsp3) is 0.207. The summed E-state index contributed by atoms with van der Waals surface area (Å²) in [6.07, 6.45) is -2.10. The lowest BCUT2D eigenvalue weighted by Crippen LogP contribution is -2.31. The van der Waals surface area contributed by atoms with Crippen LogP contribution in [0.15, 0.2) is 72.8 Å². The monoisotopic (exact) mass is 568 g/mol. The molecule has 1 aliphatic rings. The highest BCUT2D eigenvalue weighted by Crippen LogP contribution is 2.39. The van der Waals surface area contributed by atoms with Gasteiger partial charge in [0.2, 0.25) is 0 Å². The SMILES string of the molecule is O=C(Nc1ccc(O)c(-c2cc(C3CCC3)n(C(=O)NCc3cccc(F)c3)n2)c1)c1ccc(OC(F)(F)F)cc1. The van der Waals surface area contributed by atoms with Crippen LogP contribution in [0.5, 0.6) is 11.5 Å². The van der Waals surface area contributed by atoms with Crippen molar-refractivity contribution < 1.29 is 37.0 Å². The number of alkyl halides is 3. The van der Waals surface area contributed by atoms with Crippen molar-refractivity contribution in [3.63, 3.8) is 0 Å². The van der Waals surface area contributed by atoms with Crippen LogP contribution in [0.25, 0.3) is 11.3 Å². The van der Waals surface area contributed by atoms with Gasteiger partial charge in [-0.3, -0.25) is 4.79 Å². The predicted molar refractivity (Wildman–Crippen MR) is 141 cm³/mol. The van der Waals surface area contributed by atoms with E-state index in [4.69, 9.17) is 0 Å². The number of phenolic OH excluding ortho intramolecular Hbond substituents is 1. The molecule has 1 fully saturated rings. The summed E-state index contributed by atoms with van der Waals surface area (Å²) in [6, 6.07) is 15.8. The smallest absolute Gasteiger partial charge is 0.507 e. The molecule has 0 saturated heterocycles. The van der Waals surface area contributed by atoms with E-state index in [0.29, 0.717) is 17.0 Å². The Morgan fingerprint density at radius 3 is 2.44 bits per heavy atom. The van der Waals surface area contributed by atoms with Gasteiger partial charge in [0, 0.05) is 29.3 Å². The van der Waals surface area contributed by atoms with Crippen molar-refractivity contribution in [3.05, 3.63) is 95.4 Å². The van der Waals surface area contributed by atoms with Crippen molar-refractivity contribution >= 4 is 17.6 Å². The molecule has 2 amide bonds. The van der Waals surface area contributed by atoms with E-state index in [1.807, 2.05) is 0 Å². The summed E-state index contributed by atoms with van der Waals surface area (Å²) in [4.78, 5) is 25.8. The number of anilines is 1. The first-order chi connectivity index (χ1) is 19.6. The fourth-order valence-corrected chi connectivity index (χ4v) is 4.41. The van der Waals surface area contributed by atoms with Crippen molar-refractivity contribution in [2.24, 2.45) is 0 Å². The third kappa shape index (κ3) is 6.65. The van der Waals surface area contributed by atoms with Crippen molar-refractivity contribution in [2.45, 2.75) is 38.1 Å². The molecular weight excluding hydrogens is 544 g/mol. The highest BCUT2D eigenvalue weighted by atomic mass is 19.4. The molecule has 1 saturated carbocycles. The molecule has 1 heterocycles. The van der Waals surface area contributed by atoms with E-state index in [1.165, 1.54) is 47.1 Å². The molecule has 3 aromatic carbocycles. The lowest BCUT2D eigenvalue weighted by molar-refractivity contribution is -0.274. The molecule has 1 aliphatic carbocycles. The largest absolute Gasteiger partial charge is 0.573 e. The van der Waals surface area contributed by atoms with E-state index in [-0.39, 0.29) is 35.0 Å². The maximum absolute atomic E-state index is 13.5. The van der Waals surface area contributed by atoms with Crippen molar-refractivity contribution in [3.8, 4) is 22.8 Å². The summed E-state index contributed by atoms with van der Waals surface area (Å²) in [5.41, 5.74) is 2.18. The van der Waals surface area contributed by atoms with Gasteiger partial charge in [-0.25, -0.2) is 9.18 Å². The van der Waals surface area contributed by atoms with E-state index in [9.17, 15) is 32.3 Å². The molecule has 0 bridgehead atoms. The molecule has 41 heavy (non-hydrogen) atoms. The summed E-state index contributed by atoms with van der Waals surface area (Å²) >= 11 is 0. The number of benzene rings is 3. The van der Waals surface area contributed by atoms with Crippen LogP contribution < -0.4 is 15.4 Å². The van der Waals surface area contributed by atoms with Gasteiger partial charge in [0.05, 0.1) is 11.4 Å². The van der Waals surface area contributed by atoms with E-state index in [2.05, 4.69) is 20.5 Å². The number of ether oxygens (including phenoxy) is 1. The maximum atomic E-state index is 13.5. The highest BCUT2D eigenvalue weighted by molar-refractivity contribution is 6.04. The minimum Gasteiger partial charge on any atom is -0.507 e. The van der Waals surface area contributed by atoms with Gasteiger partial charge in [0.15, 0.2) is 0 Å². The first kappa shape index (κ1) is 27.7. The van der Waals surface area contributed by atoms with Crippen LogP contribution in [-0.4, -0.2) is 33.2 Å². The van der Waals surface area contributed by atoms with E-state index in [0.717, 1.165) is 31.4 Å². The second-order valence-electron chi connectivity index (χ2n) is 9.54. The number of nitrogens with one attached hydrogen (secondary N) is 2. The van der Waals surface area contributed by atoms with Crippen LogP contribution in [0.2, 0.25) is 0 Å². The van der Waals surface area contributed by atoms with Gasteiger partial charge in [-0.1, -0.05) is 18.6 Å². The summed E-state index contributed by atoms with van der Waals surface area (Å²) in [5, 5.41) is 20.4. The third-order valence-corrected chi connectivity index (χ3v) is 6.67. The van der Waals surface area contributed by atoms with Crippen LogP contribution in [0, 0.1) is 5.82 Å². The van der Waals surface area contributed by atoms with Crippen LogP contribution >= 0.6 is 0 Å². The molecule has 0 spiro atoms. The molecule has 4 aromatic rings. The predicted octanol–water partition coefficient (Wildman–Crippen LogP) is 6.57. The Morgan fingerprint density at radius 2 is 1.78 bits per heavy atom.